The van der Waals surface area contributed by atoms with E-state index in [0.29, 0.717) is 30.3 Å². The highest BCUT2D eigenvalue weighted by atomic mass is 16.5. The highest BCUT2D eigenvalue weighted by molar-refractivity contribution is 5.55. The van der Waals surface area contributed by atoms with Crippen LogP contribution in [0.2, 0.25) is 0 Å². The third-order valence-corrected chi connectivity index (χ3v) is 2.70. The van der Waals surface area contributed by atoms with E-state index in [2.05, 4.69) is 0 Å². The number of aliphatic hydroxyl groups is 1. The van der Waals surface area contributed by atoms with Gasteiger partial charge in [-0.05, 0) is 12.1 Å². The largest absolute Gasteiger partial charge is 0.508 e. The second-order valence-corrected chi connectivity index (χ2v) is 3.96. The summed E-state index contributed by atoms with van der Waals surface area (Å²) in [5.41, 5.74) is 0.627. The number of aromatic hydroxyl groups is 1. The third kappa shape index (κ3) is 1.93. The Morgan fingerprint density at radius 3 is 2.81 bits per heavy atom. The molecule has 0 saturated carbocycles. The number of hydrogen-bond acceptors (Lipinski definition) is 4. The first kappa shape index (κ1) is 11.1. The van der Waals surface area contributed by atoms with Crippen molar-refractivity contribution in [1.82, 2.24) is 0 Å². The van der Waals surface area contributed by atoms with Crippen LogP contribution in [-0.2, 0) is 0 Å². The number of ether oxygens (including phenoxy) is 2. The van der Waals surface area contributed by atoms with Crippen molar-refractivity contribution in [3.8, 4) is 17.2 Å². The van der Waals surface area contributed by atoms with E-state index in [9.17, 15) is 10.2 Å². The molecule has 1 heterocycles. The standard InChI is InChI=1S/C12H16O4/c1-8(7-13)11-9(14)3-4-10-12(11)16-6-2-5-15-10/h3-4,8,13-14H,2,5-7H2,1H3. The molecule has 0 saturated heterocycles. The van der Waals surface area contributed by atoms with E-state index in [1.165, 1.54) is 0 Å². The topological polar surface area (TPSA) is 58.9 Å². The van der Waals surface area contributed by atoms with Gasteiger partial charge in [-0.2, -0.15) is 0 Å². The van der Waals surface area contributed by atoms with Gasteiger partial charge in [0.1, 0.15) is 5.75 Å². The van der Waals surface area contributed by atoms with Crippen LogP contribution < -0.4 is 9.47 Å². The molecule has 0 bridgehead atoms. The maximum Gasteiger partial charge on any atom is 0.168 e. The smallest absolute Gasteiger partial charge is 0.168 e. The number of fused-ring (bicyclic) bond motifs is 1. The Bertz CT molecular complexity index is 376. The number of aliphatic hydroxyl groups excluding tert-OH is 1. The molecule has 1 aromatic rings. The second kappa shape index (κ2) is 4.61. The van der Waals surface area contributed by atoms with Gasteiger partial charge in [-0.15, -0.1) is 0 Å². The van der Waals surface area contributed by atoms with Crippen molar-refractivity contribution in [3.05, 3.63) is 17.7 Å². The molecule has 4 heteroatoms. The predicted octanol–water partition coefficient (Wildman–Crippen LogP) is 1.65. The Morgan fingerprint density at radius 2 is 2.06 bits per heavy atom. The Morgan fingerprint density at radius 1 is 1.31 bits per heavy atom. The average molecular weight is 224 g/mol. The minimum absolute atomic E-state index is 0.0344. The Labute approximate surface area is 94.4 Å². The molecule has 0 aromatic heterocycles. The van der Waals surface area contributed by atoms with E-state index < -0.39 is 0 Å². The van der Waals surface area contributed by atoms with Gasteiger partial charge in [0.25, 0.3) is 0 Å². The van der Waals surface area contributed by atoms with Gasteiger partial charge >= 0.3 is 0 Å². The lowest BCUT2D eigenvalue weighted by Crippen LogP contribution is -2.04. The molecule has 0 fully saturated rings. The molecule has 1 aliphatic heterocycles. The minimum Gasteiger partial charge on any atom is -0.508 e. The monoisotopic (exact) mass is 224 g/mol. The van der Waals surface area contributed by atoms with Gasteiger partial charge in [-0.3, -0.25) is 0 Å². The summed E-state index contributed by atoms with van der Waals surface area (Å²) in [4.78, 5) is 0. The average Bonchev–Trinajstić information content (AvgIpc) is 2.53. The fourth-order valence-electron chi connectivity index (χ4n) is 1.81. The van der Waals surface area contributed by atoms with Gasteiger partial charge in [0, 0.05) is 24.5 Å². The van der Waals surface area contributed by atoms with Crippen LogP contribution in [0.3, 0.4) is 0 Å². The molecule has 88 valence electrons. The first-order chi connectivity index (χ1) is 7.74. The zero-order valence-electron chi connectivity index (χ0n) is 9.27. The van der Waals surface area contributed by atoms with Crippen LogP contribution in [-0.4, -0.2) is 30.0 Å². The highest BCUT2D eigenvalue weighted by Gasteiger charge is 2.21. The van der Waals surface area contributed by atoms with Gasteiger partial charge in [0.2, 0.25) is 0 Å². The zero-order chi connectivity index (χ0) is 11.5. The molecule has 2 N–H and O–H groups in total. The number of phenols is 1. The molecule has 1 aliphatic rings. The van der Waals surface area contributed by atoms with Gasteiger partial charge in [0.05, 0.1) is 13.2 Å². The molecule has 1 unspecified atom stereocenters. The molecule has 16 heavy (non-hydrogen) atoms. The van der Waals surface area contributed by atoms with Crippen molar-refractivity contribution in [1.29, 1.82) is 0 Å². The van der Waals surface area contributed by atoms with Gasteiger partial charge < -0.3 is 19.7 Å². The van der Waals surface area contributed by atoms with Crippen LogP contribution in [0, 0.1) is 0 Å². The Hall–Kier alpha value is -1.42. The predicted molar refractivity (Wildman–Crippen MR) is 59.2 cm³/mol. The normalized spacial score (nSPS) is 16.6. The summed E-state index contributed by atoms with van der Waals surface area (Å²) >= 11 is 0. The Kier molecular flexibility index (Phi) is 3.19. The SMILES string of the molecule is CC(CO)c1c(O)ccc2c1OCCCO2. The summed E-state index contributed by atoms with van der Waals surface area (Å²) in [6.07, 6.45) is 0.822. The zero-order valence-corrected chi connectivity index (χ0v) is 9.27. The minimum atomic E-state index is -0.170. The number of phenolic OH excluding ortho intramolecular Hbond substituents is 1. The molecule has 0 radical (unpaired) electrons. The van der Waals surface area contributed by atoms with E-state index >= 15 is 0 Å². The van der Waals surface area contributed by atoms with Gasteiger partial charge in [-0.25, -0.2) is 0 Å². The van der Waals surface area contributed by atoms with Crippen LogP contribution in [0.1, 0.15) is 24.8 Å². The van der Waals surface area contributed by atoms with Crippen LogP contribution in [0.15, 0.2) is 12.1 Å². The van der Waals surface area contributed by atoms with Gasteiger partial charge in [0.15, 0.2) is 11.5 Å². The highest BCUT2D eigenvalue weighted by Crippen LogP contribution is 2.42. The van der Waals surface area contributed by atoms with Crippen LogP contribution in [0.4, 0.5) is 0 Å². The van der Waals surface area contributed by atoms with Crippen molar-refractivity contribution < 1.29 is 19.7 Å². The second-order valence-electron chi connectivity index (χ2n) is 3.96. The molecule has 4 nitrogen and oxygen atoms in total. The van der Waals surface area contributed by atoms with E-state index in [1.807, 2.05) is 6.92 Å². The number of hydrogen-bond donors (Lipinski definition) is 2. The fourth-order valence-corrected chi connectivity index (χ4v) is 1.81. The first-order valence-corrected chi connectivity index (χ1v) is 5.46. The van der Waals surface area contributed by atoms with E-state index in [0.717, 1.165) is 6.42 Å². The fraction of sp³-hybridized carbons (Fsp3) is 0.500. The molecule has 2 rings (SSSR count). The molecule has 0 amide bonds. The number of rotatable bonds is 2. The maximum atomic E-state index is 9.81. The van der Waals surface area contributed by atoms with Crippen molar-refractivity contribution in [2.45, 2.75) is 19.3 Å². The third-order valence-electron chi connectivity index (χ3n) is 2.70. The summed E-state index contributed by atoms with van der Waals surface area (Å²) in [7, 11) is 0. The van der Waals surface area contributed by atoms with Crippen LogP contribution in [0.25, 0.3) is 0 Å². The summed E-state index contributed by atoms with van der Waals surface area (Å²) in [6.45, 7) is 2.99. The lowest BCUT2D eigenvalue weighted by molar-refractivity contribution is 0.261. The molecular weight excluding hydrogens is 208 g/mol. The van der Waals surface area contributed by atoms with Crippen LogP contribution >= 0.6 is 0 Å². The Balaban J connectivity index is 2.48. The van der Waals surface area contributed by atoms with E-state index in [-0.39, 0.29) is 18.3 Å². The van der Waals surface area contributed by atoms with Crippen molar-refractivity contribution in [2.24, 2.45) is 0 Å². The van der Waals surface area contributed by atoms with Crippen molar-refractivity contribution >= 4 is 0 Å². The summed E-state index contributed by atoms with van der Waals surface area (Å²) < 4.78 is 11.1. The lowest BCUT2D eigenvalue weighted by atomic mass is 9.99. The van der Waals surface area contributed by atoms with Gasteiger partial charge in [-0.1, -0.05) is 6.92 Å². The van der Waals surface area contributed by atoms with E-state index in [1.54, 1.807) is 12.1 Å². The van der Waals surface area contributed by atoms with E-state index in [4.69, 9.17) is 9.47 Å². The van der Waals surface area contributed by atoms with Crippen molar-refractivity contribution in [3.63, 3.8) is 0 Å². The molecule has 0 aliphatic carbocycles. The summed E-state index contributed by atoms with van der Waals surface area (Å²) in [5, 5.41) is 19.0. The molecule has 1 aromatic carbocycles. The first-order valence-electron chi connectivity index (χ1n) is 5.46. The molecule has 1 atom stereocenters. The lowest BCUT2D eigenvalue weighted by Gasteiger charge is -2.17. The maximum absolute atomic E-state index is 9.81. The molecule has 0 spiro atoms. The quantitative estimate of drug-likeness (QED) is 0.802. The van der Waals surface area contributed by atoms with Crippen molar-refractivity contribution in [2.75, 3.05) is 19.8 Å². The summed E-state index contributed by atoms with van der Waals surface area (Å²) in [5.74, 6) is 1.19. The summed E-state index contributed by atoms with van der Waals surface area (Å²) in [6, 6.07) is 3.28. The van der Waals surface area contributed by atoms with Crippen LogP contribution in [0.5, 0.6) is 17.2 Å². The number of benzene rings is 1. The molecular formula is C12H16O4.